The molecule has 1 amide bonds. The first-order valence-corrected chi connectivity index (χ1v) is 11.8. The van der Waals surface area contributed by atoms with Gasteiger partial charge in [0, 0.05) is 29.6 Å². The van der Waals surface area contributed by atoms with Crippen LogP contribution < -0.4 is 5.32 Å². The number of carbonyl (C=O) groups excluding carboxylic acids is 1. The summed E-state index contributed by atoms with van der Waals surface area (Å²) in [6.07, 6.45) is 2.79. The molecule has 2 heterocycles. The minimum Gasteiger partial charge on any atom is -0.298 e. The molecule has 0 radical (unpaired) electrons. The Morgan fingerprint density at radius 2 is 1.76 bits per heavy atom. The highest BCUT2D eigenvalue weighted by Crippen LogP contribution is 2.26. The van der Waals surface area contributed by atoms with Crippen molar-refractivity contribution in [1.29, 1.82) is 0 Å². The molecule has 4 rings (SSSR count). The second-order valence-electron chi connectivity index (χ2n) is 6.85. The van der Waals surface area contributed by atoms with E-state index in [2.05, 4.69) is 10.3 Å². The Hall–Kier alpha value is -2.55. The van der Waals surface area contributed by atoms with E-state index in [1.165, 1.54) is 27.8 Å². The van der Waals surface area contributed by atoms with Crippen LogP contribution in [0.2, 0.25) is 0 Å². The number of thiazole rings is 1. The monoisotopic (exact) mass is 427 g/mol. The highest BCUT2D eigenvalue weighted by molar-refractivity contribution is 7.89. The number of nitrogens with zero attached hydrogens (tertiary/aromatic N) is 2. The van der Waals surface area contributed by atoms with Crippen LogP contribution in [0.4, 0.5) is 5.13 Å². The van der Waals surface area contributed by atoms with E-state index < -0.39 is 10.0 Å². The normalized spacial score (nSPS) is 15.2. The fourth-order valence-electron chi connectivity index (χ4n) is 3.29. The largest absolute Gasteiger partial charge is 0.298 e. The topological polar surface area (TPSA) is 79.4 Å². The van der Waals surface area contributed by atoms with Gasteiger partial charge in [-0.3, -0.25) is 10.1 Å². The molecule has 2 aromatic carbocycles. The number of hydrogen-bond acceptors (Lipinski definition) is 5. The van der Waals surface area contributed by atoms with Crippen molar-refractivity contribution in [3.05, 3.63) is 65.5 Å². The van der Waals surface area contributed by atoms with Gasteiger partial charge in [-0.1, -0.05) is 42.8 Å². The molecule has 0 unspecified atom stereocenters. The number of hydrogen-bond donors (Lipinski definition) is 1. The standard InChI is InChI=1S/C21H21N3O3S2/c25-20(23-21-22-19(15-28-21)16-8-3-1-4-9-16)17-10-7-11-18(14-17)29(26,27)24-12-5-2-6-13-24/h1,3-4,7-11,14-15H,2,5-6,12-13H2,(H,22,23,25). The highest BCUT2D eigenvalue weighted by atomic mass is 32.2. The van der Waals surface area contributed by atoms with Crippen molar-refractivity contribution in [2.24, 2.45) is 0 Å². The summed E-state index contributed by atoms with van der Waals surface area (Å²) in [6.45, 7) is 1.06. The molecule has 29 heavy (non-hydrogen) atoms. The zero-order chi connectivity index (χ0) is 20.3. The number of benzene rings is 2. The molecule has 0 aliphatic carbocycles. The van der Waals surface area contributed by atoms with Crippen molar-refractivity contribution in [2.45, 2.75) is 24.2 Å². The molecule has 0 saturated carbocycles. The third-order valence-corrected chi connectivity index (χ3v) is 7.50. The fraction of sp³-hybridized carbons (Fsp3) is 0.238. The molecule has 1 saturated heterocycles. The maximum absolute atomic E-state index is 12.9. The van der Waals surface area contributed by atoms with Crippen molar-refractivity contribution < 1.29 is 13.2 Å². The van der Waals surface area contributed by atoms with Crippen molar-refractivity contribution in [3.8, 4) is 11.3 Å². The summed E-state index contributed by atoms with van der Waals surface area (Å²) in [5, 5.41) is 5.11. The maximum Gasteiger partial charge on any atom is 0.257 e. The van der Waals surface area contributed by atoms with Gasteiger partial charge in [0.1, 0.15) is 0 Å². The molecular formula is C21H21N3O3S2. The molecule has 6 nitrogen and oxygen atoms in total. The van der Waals surface area contributed by atoms with Gasteiger partial charge in [0.15, 0.2) is 5.13 Å². The number of anilines is 1. The van der Waals surface area contributed by atoms with Gasteiger partial charge in [0.25, 0.3) is 5.91 Å². The Labute approximate surface area is 174 Å². The first kappa shape index (κ1) is 19.8. The van der Waals surface area contributed by atoms with Gasteiger partial charge < -0.3 is 0 Å². The lowest BCUT2D eigenvalue weighted by Crippen LogP contribution is -2.35. The predicted molar refractivity (Wildman–Crippen MR) is 115 cm³/mol. The molecular weight excluding hydrogens is 406 g/mol. The molecule has 1 fully saturated rings. The molecule has 1 aliphatic heterocycles. The average molecular weight is 428 g/mol. The third-order valence-electron chi connectivity index (χ3n) is 4.84. The van der Waals surface area contributed by atoms with Gasteiger partial charge in [0.05, 0.1) is 10.6 Å². The summed E-state index contributed by atoms with van der Waals surface area (Å²) < 4.78 is 27.2. The molecule has 1 aromatic heterocycles. The van der Waals surface area contributed by atoms with Crippen molar-refractivity contribution in [2.75, 3.05) is 18.4 Å². The lowest BCUT2D eigenvalue weighted by molar-refractivity contribution is 0.102. The number of sulfonamides is 1. The van der Waals surface area contributed by atoms with Crippen LogP contribution in [0.25, 0.3) is 11.3 Å². The molecule has 3 aromatic rings. The molecule has 8 heteroatoms. The van der Waals surface area contributed by atoms with Gasteiger partial charge in [-0.2, -0.15) is 4.31 Å². The SMILES string of the molecule is O=C(Nc1nc(-c2ccccc2)cs1)c1cccc(S(=O)(=O)N2CCCCC2)c1. The number of aromatic nitrogens is 1. The van der Waals surface area contributed by atoms with Crippen LogP contribution in [-0.2, 0) is 10.0 Å². The van der Waals surface area contributed by atoms with E-state index in [9.17, 15) is 13.2 Å². The van der Waals surface area contributed by atoms with Crippen LogP contribution in [0, 0.1) is 0 Å². The number of carbonyl (C=O) groups is 1. The summed E-state index contributed by atoms with van der Waals surface area (Å²) in [6, 6.07) is 15.9. The van der Waals surface area contributed by atoms with Gasteiger partial charge >= 0.3 is 0 Å². The number of piperidine rings is 1. The van der Waals surface area contributed by atoms with E-state index in [0.29, 0.717) is 23.8 Å². The Morgan fingerprint density at radius 3 is 2.52 bits per heavy atom. The molecule has 0 spiro atoms. The Bertz CT molecular complexity index is 1100. The van der Waals surface area contributed by atoms with E-state index in [1.54, 1.807) is 12.1 Å². The maximum atomic E-state index is 12.9. The predicted octanol–water partition coefficient (Wildman–Crippen LogP) is 4.24. The van der Waals surface area contributed by atoms with Gasteiger partial charge in [-0.15, -0.1) is 11.3 Å². The van der Waals surface area contributed by atoms with Crippen molar-refractivity contribution >= 4 is 32.4 Å². The molecule has 1 N–H and O–H groups in total. The van der Waals surface area contributed by atoms with Crippen molar-refractivity contribution in [3.63, 3.8) is 0 Å². The fourth-order valence-corrected chi connectivity index (χ4v) is 5.57. The number of nitrogens with one attached hydrogen (secondary N) is 1. The summed E-state index contributed by atoms with van der Waals surface area (Å²) in [7, 11) is -3.58. The highest BCUT2D eigenvalue weighted by Gasteiger charge is 2.26. The van der Waals surface area contributed by atoms with E-state index in [-0.39, 0.29) is 10.8 Å². The summed E-state index contributed by atoms with van der Waals surface area (Å²) >= 11 is 1.33. The summed E-state index contributed by atoms with van der Waals surface area (Å²) in [5.41, 5.74) is 2.05. The smallest absolute Gasteiger partial charge is 0.257 e. The van der Waals surface area contributed by atoms with Crippen LogP contribution >= 0.6 is 11.3 Å². The van der Waals surface area contributed by atoms with Gasteiger partial charge in [-0.25, -0.2) is 13.4 Å². The quantitative estimate of drug-likeness (QED) is 0.661. The average Bonchev–Trinajstić information content (AvgIpc) is 3.23. The number of rotatable bonds is 5. The molecule has 0 atom stereocenters. The van der Waals surface area contributed by atoms with Crippen LogP contribution in [0.5, 0.6) is 0 Å². The lowest BCUT2D eigenvalue weighted by Gasteiger charge is -2.26. The zero-order valence-corrected chi connectivity index (χ0v) is 17.4. The number of amides is 1. The van der Waals surface area contributed by atoms with Gasteiger partial charge in [0.2, 0.25) is 10.0 Å². The van der Waals surface area contributed by atoms with Crippen molar-refractivity contribution in [1.82, 2.24) is 9.29 Å². The first-order valence-electron chi connectivity index (χ1n) is 9.46. The lowest BCUT2D eigenvalue weighted by atomic mass is 10.2. The second kappa shape index (κ2) is 8.44. The second-order valence-corrected chi connectivity index (χ2v) is 9.65. The van der Waals surface area contributed by atoms with E-state index in [1.807, 2.05) is 35.7 Å². The minimum atomic E-state index is -3.58. The third kappa shape index (κ3) is 4.39. The van der Waals surface area contributed by atoms with Crippen LogP contribution in [0.3, 0.4) is 0 Å². The Balaban J connectivity index is 1.51. The van der Waals surface area contributed by atoms with Crippen LogP contribution in [0.15, 0.2) is 64.9 Å². The van der Waals surface area contributed by atoms with E-state index in [0.717, 1.165) is 30.5 Å². The Morgan fingerprint density at radius 1 is 1.00 bits per heavy atom. The minimum absolute atomic E-state index is 0.149. The summed E-state index contributed by atoms with van der Waals surface area (Å²) in [5.74, 6) is -0.380. The van der Waals surface area contributed by atoms with E-state index in [4.69, 9.17) is 0 Å². The van der Waals surface area contributed by atoms with Gasteiger partial charge in [-0.05, 0) is 31.0 Å². The van der Waals surface area contributed by atoms with Crippen LogP contribution in [0.1, 0.15) is 29.6 Å². The first-order chi connectivity index (χ1) is 14.0. The Kier molecular flexibility index (Phi) is 5.75. The molecule has 1 aliphatic rings. The summed E-state index contributed by atoms with van der Waals surface area (Å²) in [4.78, 5) is 17.3. The van der Waals surface area contributed by atoms with Crippen LogP contribution in [-0.4, -0.2) is 36.7 Å². The molecule has 150 valence electrons. The zero-order valence-electron chi connectivity index (χ0n) is 15.7. The molecule has 0 bridgehead atoms. The van der Waals surface area contributed by atoms with E-state index >= 15 is 0 Å².